The number of hydrogen-bond acceptors (Lipinski definition) is 2. The summed E-state index contributed by atoms with van der Waals surface area (Å²) >= 11 is 3.43. The summed E-state index contributed by atoms with van der Waals surface area (Å²) in [5.41, 5.74) is 0.915. The van der Waals surface area contributed by atoms with Crippen LogP contribution in [0.2, 0.25) is 0 Å². The zero-order chi connectivity index (χ0) is 13.8. The second-order valence-corrected chi connectivity index (χ2v) is 5.54. The Morgan fingerprint density at radius 2 is 2.00 bits per heavy atom. The molecule has 0 unspecified atom stereocenters. The highest BCUT2D eigenvalue weighted by molar-refractivity contribution is 9.08. The van der Waals surface area contributed by atoms with E-state index < -0.39 is 0 Å². The molecule has 0 saturated carbocycles. The number of hydrogen-bond donors (Lipinski definition) is 0. The van der Waals surface area contributed by atoms with Gasteiger partial charge in [0.1, 0.15) is 17.5 Å². The van der Waals surface area contributed by atoms with E-state index in [4.69, 9.17) is 0 Å². The molecular formula is C14H17BrFN3. The van der Waals surface area contributed by atoms with Crippen molar-refractivity contribution in [1.29, 1.82) is 0 Å². The minimum Gasteiger partial charge on any atom is -0.314 e. The van der Waals surface area contributed by atoms with Crippen molar-refractivity contribution >= 4 is 15.9 Å². The van der Waals surface area contributed by atoms with Crippen LogP contribution in [0.25, 0.3) is 0 Å². The number of rotatable bonds is 5. The molecule has 0 saturated heterocycles. The molecule has 0 aliphatic carbocycles. The van der Waals surface area contributed by atoms with Crippen molar-refractivity contribution in [3.8, 4) is 0 Å². The van der Waals surface area contributed by atoms with Gasteiger partial charge in [0.05, 0.1) is 5.33 Å². The van der Waals surface area contributed by atoms with Gasteiger partial charge in [0, 0.05) is 13.0 Å². The lowest BCUT2D eigenvalue weighted by atomic mass is 10.1. The Morgan fingerprint density at radius 1 is 1.26 bits per heavy atom. The summed E-state index contributed by atoms with van der Waals surface area (Å²) in [4.78, 5) is 0. The van der Waals surface area contributed by atoms with Crippen LogP contribution in [0.15, 0.2) is 24.3 Å². The van der Waals surface area contributed by atoms with Gasteiger partial charge in [0.15, 0.2) is 0 Å². The number of benzene rings is 1. The molecule has 0 radical (unpaired) electrons. The summed E-state index contributed by atoms with van der Waals surface area (Å²) in [6, 6.07) is 6.62. The zero-order valence-electron chi connectivity index (χ0n) is 11.1. The van der Waals surface area contributed by atoms with E-state index in [1.807, 2.05) is 6.07 Å². The largest absolute Gasteiger partial charge is 0.314 e. The predicted octanol–water partition coefficient (Wildman–Crippen LogP) is 3.56. The van der Waals surface area contributed by atoms with Crippen LogP contribution >= 0.6 is 15.9 Å². The maximum Gasteiger partial charge on any atom is 0.143 e. The van der Waals surface area contributed by atoms with Crippen LogP contribution in [-0.4, -0.2) is 14.8 Å². The van der Waals surface area contributed by atoms with E-state index >= 15 is 0 Å². The van der Waals surface area contributed by atoms with Gasteiger partial charge in [-0.3, -0.25) is 0 Å². The molecule has 0 amide bonds. The van der Waals surface area contributed by atoms with Gasteiger partial charge in [-0.05, 0) is 23.6 Å². The molecule has 0 N–H and O–H groups in total. The molecular weight excluding hydrogens is 309 g/mol. The zero-order valence-corrected chi connectivity index (χ0v) is 12.7. The number of nitrogens with zero attached hydrogens (tertiary/aromatic N) is 3. The van der Waals surface area contributed by atoms with E-state index in [1.165, 1.54) is 6.07 Å². The average Bonchev–Trinajstić information content (AvgIpc) is 2.71. The van der Waals surface area contributed by atoms with Crippen molar-refractivity contribution in [2.75, 3.05) is 0 Å². The van der Waals surface area contributed by atoms with E-state index in [-0.39, 0.29) is 5.82 Å². The molecule has 0 aliphatic heterocycles. The second kappa shape index (κ2) is 6.28. The number of aromatic nitrogens is 3. The minimum absolute atomic E-state index is 0.215. The van der Waals surface area contributed by atoms with Crippen LogP contribution in [0.4, 0.5) is 4.39 Å². The summed E-state index contributed by atoms with van der Waals surface area (Å²) < 4.78 is 15.3. The first-order chi connectivity index (χ1) is 9.10. The third-order valence-corrected chi connectivity index (χ3v) is 3.32. The fourth-order valence-corrected chi connectivity index (χ4v) is 2.42. The van der Waals surface area contributed by atoms with E-state index in [1.54, 1.807) is 12.1 Å². The van der Waals surface area contributed by atoms with E-state index in [0.717, 1.165) is 23.8 Å². The third-order valence-electron chi connectivity index (χ3n) is 2.82. The minimum atomic E-state index is -0.215. The lowest BCUT2D eigenvalue weighted by Crippen LogP contribution is -2.11. The van der Waals surface area contributed by atoms with Crippen LogP contribution in [0, 0.1) is 11.7 Å². The molecule has 0 bridgehead atoms. The molecule has 1 aromatic carbocycles. The van der Waals surface area contributed by atoms with Crippen LogP contribution in [-0.2, 0) is 18.3 Å². The molecule has 2 rings (SSSR count). The molecule has 1 heterocycles. The molecule has 19 heavy (non-hydrogen) atoms. The molecule has 102 valence electrons. The van der Waals surface area contributed by atoms with E-state index in [0.29, 0.717) is 17.7 Å². The summed E-state index contributed by atoms with van der Waals surface area (Å²) in [5, 5.41) is 9.08. The highest BCUT2D eigenvalue weighted by atomic mass is 79.9. The van der Waals surface area contributed by atoms with Crippen LogP contribution in [0.3, 0.4) is 0 Å². The Labute approximate surface area is 121 Å². The van der Waals surface area contributed by atoms with Gasteiger partial charge in [-0.1, -0.05) is 41.9 Å². The molecule has 2 aromatic rings. The van der Waals surface area contributed by atoms with Crippen molar-refractivity contribution < 1.29 is 4.39 Å². The van der Waals surface area contributed by atoms with Crippen molar-refractivity contribution in [3.63, 3.8) is 0 Å². The fourth-order valence-electron chi connectivity index (χ4n) is 2.01. The maximum atomic E-state index is 13.2. The Kier molecular flexibility index (Phi) is 4.69. The SMILES string of the molecule is CC(C)Cn1c(CBr)nnc1Cc1cccc(F)c1. The molecule has 3 nitrogen and oxygen atoms in total. The van der Waals surface area contributed by atoms with Crippen molar-refractivity contribution in [2.45, 2.75) is 32.1 Å². The lowest BCUT2D eigenvalue weighted by Gasteiger charge is -2.11. The Hall–Kier alpha value is -1.23. The highest BCUT2D eigenvalue weighted by Crippen LogP contribution is 2.14. The molecule has 0 aliphatic rings. The van der Waals surface area contributed by atoms with Crippen LogP contribution in [0.5, 0.6) is 0 Å². The number of halogens is 2. The molecule has 0 spiro atoms. The highest BCUT2D eigenvalue weighted by Gasteiger charge is 2.13. The standard InChI is InChI=1S/C14H17BrFN3/c1-10(2)9-19-13(17-18-14(19)8-15)7-11-4-3-5-12(16)6-11/h3-6,10H,7-9H2,1-2H3. The Balaban J connectivity index is 2.27. The first-order valence-electron chi connectivity index (χ1n) is 6.31. The average molecular weight is 326 g/mol. The van der Waals surface area contributed by atoms with Gasteiger partial charge in [0.25, 0.3) is 0 Å². The van der Waals surface area contributed by atoms with Gasteiger partial charge in [-0.25, -0.2) is 4.39 Å². The monoisotopic (exact) mass is 325 g/mol. The van der Waals surface area contributed by atoms with Gasteiger partial charge in [0.2, 0.25) is 0 Å². The number of alkyl halides is 1. The van der Waals surface area contributed by atoms with Crippen LogP contribution < -0.4 is 0 Å². The van der Waals surface area contributed by atoms with E-state index in [2.05, 4.69) is 44.5 Å². The van der Waals surface area contributed by atoms with Crippen molar-refractivity contribution in [3.05, 3.63) is 47.3 Å². The van der Waals surface area contributed by atoms with Gasteiger partial charge >= 0.3 is 0 Å². The van der Waals surface area contributed by atoms with Gasteiger partial charge in [-0.2, -0.15) is 0 Å². The van der Waals surface area contributed by atoms with Crippen LogP contribution in [0.1, 0.15) is 31.1 Å². The summed E-state index contributed by atoms with van der Waals surface area (Å²) in [5.74, 6) is 2.10. The Morgan fingerprint density at radius 3 is 2.63 bits per heavy atom. The fraction of sp³-hybridized carbons (Fsp3) is 0.429. The smallest absolute Gasteiger partial charge is 0.143 e. The third kappa shape index (κ3) is 3.62. The molecule has 0 atom stereocenters. The van der Waals surface area contributed by atoms with Gasteiger partial charge in [-0.15, -0.1) is 10.2 Å². The van der Waals surface area contributed by atoms with Gasteiger partial charge < -0.3 is 4.57 Å². The summed E-state index contributed by atoms with van der Waals surface area (Å²) in [7, 11) is 0. The molecule has 1 aromatic heterocycles. The normalized spacial score (nSPS) is 11.2. The van der Waals surface area contributed by atoms with E-state index in [9.17, 15) is 4.39 Å². The molecule has 5 heteroatoms. The topological polar surface area (TPSA) is 30.7 Å². The predicted molar refractivity (Wildman–Crippen MR) is 76.7 cm³/mol. The Bertz CT molecular complexity index is 551. The quantitative estimate of drug-likeness (QED) is 0.787. The van der Waals surface area contributed by atoms with Crippen molar-refractivity contribution in [1.82, 2.24) is 14.8 Å². The lowest BCUT2D eigenvalue weighted by molar-refractivity contribution is 0.500. The summed E-state index contributed by atoms with van der Waals surface area (Å²) in [6.07, 6.45) is 0.602. The maximum absolute atomic E-state index is 13.2. The molecule has 0 fully saturated rings. The first-order valence-corrected chi connectivity index (χ1v) is 7.43. The van der Waals surface area contributed by atoms with Crippen molar-refractivity contribution in [2.24, 2.45) is 5.92 Å². The first kappa shape index (κ1) is 14.2. The summed E-state index contributed by atoms with van der Waals surface area (Å²) in [6.45, 7) is 5.19. The second-order valence-electron chi connectivity index (χ2n) is 4.98.